The number of aliphatic hydroxyl groups excluding tert-OH is 5. The lowest BCUT2D eigenvalue weighted by Gasteiger charge is -2.20. The minimum atomic E-state index is -5.40. The number of phosphoric acid groups is 2. The normalized spacial score (nSPS) is 32.7. The zero-order valence-corrected chi connectivity index (χ0v) is 23.3. The highest BCUT2D eigenvalue weighted by Crippen LogP contribution is 2.60. The third kappa shape index (κ3) is 7.41. The molecular formula is C19H27N7O15P2. The van der Waals surface area contributed by atoms with Crippen molar-refractivity contribution in [3.8, 4) is 0 Å². The Balaban J connectivity index is 1.31. The summed E-state index contributed by atoms with van der Waals surface area (Å²) in [5.74, 6) is -1.02. The fourth-order valence-electron chi connectivity index (χ4n) is 3.97. The molecule has 22 nitrogen and oxygen atoms in total. The summed E-state index contributed by atoms with van der Waals surface area (Å²) in [6.07, 6.45) is -9.08. The van der Waals surface area contributed by atoms with Gasteiger partial charge in [0.05, 0.1) is 31.4 Å². The number of aliphatic imine (C=N–C) groups is 1. The molecule has 2 fully saturated rings. The number of fused-ring (bicyclic) bond motifs is 1. The van der Waals surface area contributed by atoms with Crippen LogP contribution in [-0.4, -0.2) is 123 Å². The summed E-state index contributed by atoms with van der Waals surface area (Å²) < 4.78 is 50.0. The SMILES string of the molecule is NC(=O)C(=C\O)/C=N/[C@@H]1O[C@H](COP(=O)(O)OP(=O)(O)OC[C@H]2O[C@@H](n3cnc4c(N)ncnc43)[C@H](O)[C@@H]2O)[C@@H](O)[C@H]1O. The van der Waals surface area contributed by atoms with Crippen molar-refractivity contribution in [3.63, 3.8) is 0 Å². The third-order valence-electron chi connectivity index (χ3n) is 6.13. The van der Waals surface area contributed by atoms with Gasteiger partial charge < -0.3 is 56.3 Å². The van der Waals surface area contributed by atoms with Crippen LogP contribution in [0, 0.1) is 0 Å². The van der Waals surface area contributed by atoms with Crippen LogP contribution in [0.15, 0.2) is 29.5 Å². The van der Waals surface area contributed by atoms with E-state index in [-0.39, 0.29) is 17.0 Å². The molecule has 10 atom stereocenters. The van der Waals surface area contributed by atoms with E-state index in [1.807, 2.05) is 0 Å². The van der Waals surface area contributed by atoms with E-state index in [9.17, 15) is 44.1 Å². The number of phosphoric ester groups is 2. The molecule has 0 aromatic carbocycles. The van der Waals surface area contributed by atoms with Crippen LogP contribution >= 0.6 is 15.6 Å². The Morgan fingerprint density at radius 3 is 2.21 bits per heavy atom. The molecular weight excluding hydrogens is 628 g/mol. The van der Waals surface area contributed by atoms with Gasteiger partial charge in [0, 0.05) is 6.21 Å². The fourth-order valence-corrected chi connectivity index (χ4v) is 6.06. The molecule has 2 unspecified atom stereocenters. The molecule has 2 saturated heterocycles. The number of nitrogens with two attached hydrogens (primary N) is 2. The number of carbonyl (C=O) groups excluding carboxylic acids is 1. The molecule has 0 radical (unpaired) electrons. The molecule has 2 aromatic heterocycles. The third-order valence-corrected chi connectivity index (χ3v) is 8.73. The minimum absolute atomic E-state index is 0.0402. The molecule has 4 heterocycles. The largest absolute Gasteiger partial charge is 0.515 e. The number of amides is 1. The molecule has 0 saturated carbocycles. The van der Waals surface area contributed by atoms with Gasteiger partial charge in [0.1, 0.15) is 48.5 Å². The second-order valence-corrected chi connectivity index (χ2v) is 12.1. The molecule has 1 amide bonds. The van der Waals surface area contributed by atoms with Crippen molar-refractivity contribution >= 4 is 44.7 Å². The lowest BCUT2D eigenvalue weighted by Crippen LogP contribution is -2.34. The van der Waals surface area contributed by atoms with Crippen molar-refractivity contribution in [3.05, 3.63) is 24.5 Å². The molecule has 2 aromatic rings. The van der Waals surface area contributed by atoms with Gasteiger partial charge in [-0.15, -0.1) is 0 Å². The van der Waals surface area contributed by atoms with Gasteiger partial charge in [-0.2, -0.15) is 4.31 Å². The Kier molecular flexibility index (Phi) is 9.93. The molecule has 43 heavy (non-hydrogen) atoms. The molecule has 0 bridgehead atoms. The molecule has 11 N–H and O–H groups in total. The number of anilines is 1. The second-order valence-electron chi connectivity index (χ2n) is 9.01. The monoisotopic (exact) mass is 655 g/mol. The first-order chi connectivity index (χ1) is 20.1. The molecule has 238 valence electrons. The summed E-state index contributed by atoms with van der Waals surface area (Å²) in [4.78, 5) is 46.4. The summed E-state index contributed by atoms with van der Waals surface area (Å²) in [6, 6.07) is 0. The van der Waals surface area contributed by atoms with E-state index < -0.39 is 89.4 Å². The Bertz CT molecular complexity index is 1490. The van der Waals surface area contributed by atoms with Crippen molar-refractivity contribution in [1.82, 2.24) is 19.5 Å². The number of hydrogen-bond acceptors (Lipinski definition) is 18. The predicted octanol–water partition coefficient (Wildman–Crippen LogP) is -3.28. The van der Waals surface area contributed by atoms with Gasteiger partial charge in [-0.3, -0.25) is 23.4 Å². The highest BCUT2D eigenvalue weighted by Gasteiger charge is 2.47. The zero-order chi connectivity index (χ0) is 31.7. The van der Waals surface area contributed by atoms with E-state index in [1.54, 1.807) is 0 Å². The van der Waals surface area contributed by atoms with Gasteiger partial charge in [-0.25, -0.2) is 24.1 Å². The number of imidazole rings is 1. The van der Waals surface area contributed by atoms with Gasteiger partial charge in [0.15, 0.2) is 23.9 Å². The lowest BCUT2D eigenvalue weighted by molar-refractivity contribution is -0.114. The van der Waals surface area contributed by atoms with Crippen molar-refractivity contribution in [2.45, 2.75) is 49.1 Å². The van der Waals surface area contributed by atoms with Crippen molar-refractivity contribution < 1.29 is 72.1 Å². The van der Waals surface area contributed by atoms with E-state index >= 15 is 0 Å². The van der Waals surface area contributed by atoms with E-state index in [0.717, 1.165) is 12.5 Å². The van der Waals surface area contributed by atoms with Crippen LogP contribution in [0.5, 0.6) is 0 Å². The number of ether oxygens (including phenoxy) is 2. The standard InChI is InChI=1S/C19H27N7O15P2/c20-15-10-17(24-5-23-15)26(6-25-10)19-14(31)12(29)9(40-19)4-38-43(35,36)41-42(33,34)37-3-8-11(28)13(30)18(39-8)22-1-7(2-27)16(21)32/h1-2,5-6,8-9,11-14,18-19,27-31H,3-4H2,(H2,21,32)(H,33,34)(H,35,36)(H2,20,23,24)/b7-2-,22-1+/t8-,9-,11-,12-,13-,14-,18-,19-/m1/s1. The summed E-state index contributed by atoms with van der Waals surface area (Å²) in [6.45, 7) is -1.89. The maximum Gasteiger partial charge on any atom is 0.481 e. The van der Waals surface area contributed by atoms with Gasteiger partial charge in [-0.05, 0) is 0 Å². The predicted molar refractivity (Wildman–Crippen MR) is 137 cm³/mol. The number of aromatic nitrogens is 4. The summed E-state index contributed by atoms with van der Waals surface area (Å²) in [5.41, 5.74) is 10.6. The molecule has 4 rings (SSSR count). The number of carbonyl (C=O) groups is 1. The van der Waals surface area contributed by atoms with Crippen LogP contribution in [0.25, 0.3) is 11.2 Å². The first-order valence-electron chi connectivity index (χ1n) is 11.9. The number of primary amides is 1. The van der Waals surface area contributed by atoms with Crippen LogP contribution < -0.4 is 11.5 Å². The summed E-state index contributed by atoms with van der Waals surface area (Å²) in [7, 11) is -10.8. The van der Waals surface area contributed by atoms with Crippen LogP contribution in [-0.2, 0) is 36.8 Å². The smallest absolute Gasteiger partial charge is 0.481 e. The minimum Gasteiger partial charge on any atom is -0.515 e. The topological polar surface area (TPSA) is 347 Å². The Morgan fingerprint density at radius 2 is 1.60 bits per heavy atom. The number of hydrogen-bond donors (Lipinski definition) is 9. The van der Waals surface area contributed by atoms with Crippen LogP contribution in [0.3, 0.4) is 0 Å². The summed E-state index contributed by atoms with van der Waals surface area (Å²) >= 11 is 0. The van der Waals surface area contributed by atoms with Gasteiger partial charge in [0.25, 0.3) is 5.91 Å². The second kappa shape index (κ2) is 13.0. The highest BCUT2D eigenvalue weighted by atomic mass is 31.3. The zero-order valence-electron chi connectivity index (χ0n) is 21.5. The highest BCUT2D eigenvalue weighted by molar-refractivity contribution is 7.61. The number of nitrogen functional groups attached to an aromatic ring is 1. The number of aliphatic hydroxyl groups is 5. The van der Waals surface area contributed by atoms with Gasteiger partial charge in [0.2, 0.25) is 0 Å². The van der Waals surface area contributed by atoms with Crippen molar-refractivity contribution in [2.75, 3.05) is 18.9 Å². The average Bonchev–Trinajstić information content (AvgIpc) is 3.57. The summed E-state index contributed by atoms with van der Waals surface area (Å²) in [5, 5.41) is 49.9. The quantitative estimate of drug-likeness (QED) is 0.0468. The maximum absolute atomic E-state index is 12.3. The van der Waals surface area contributed by atoms with Crippen molar-refractivity contribution in [2.24, 2.45) is 10.7 Å². The Hall–Kier alpha value is -2.95. The lowest BCUT2D eigenvalue weighted by atomic mass is 10.1. The molecule has 2 aliphatic rings. The van der Waals surface area contributed by atoms with Gasteiger partial charge >= 0.3 is 15.6 Å². The van der Waals surface area contributed by atoms with Crippen LogP contribution in [0.1, 0.15) is 6.23 Å². The molecule has 2 aliphatic heterocycles. The molecule has 0 aliphatic carbocycles. The Morgan fingerprint density at radius 1 is 1.00 bits per heavy atom. The van der Waals surface area contributed by atoms with E-state index in [1.165, 1.54) is 10.9 Å². The molecule has 24 heteroatoms. The molecule has 0 spiro atoms. The van der Waals surface area contributed by atoms with Crippen molar-refractivity contribution in [1.29, 1.82) is 0 Å². The number of rotatable bonds is 12. The first-order valence-corrected chi connectivity index (χ1v) is 14.9. The van der Waals surface area contributed by atoms with E-state index in [4.69, 9.17) is 26.0 Å². The van der Waals surface area contributed by atoms with Crippen LogP contribution in [0.2, 0.25) is 0 Å². The van der Waals surface area contributed by atoms with E-state index in [2.05, 4.69) is 33.3 Å². The maximum atomic E-state index is 12.3. The fraction of sp³-hybridized carbons (Fsp3) is 0.526. The van der Waals surface area contributed by atoms with Crippen LogP contribution in [0.4, 0.5) is 5.82 Å². The first kappa shape index (κ1) is 33.0. The number of nitrogens with zero attached hydrogens (tertiary/aromatic N) is 5. The van der Waals surface area contributed by atoms with E-state index in [0.29, 0.717) is 6.26 Å². The average molecular weight is 655 g/mol. The van der Waals surface area contributed by atoms with Gasteiger partial charge in [-0.1, -0.05) is 0 Å². The Labute approximate surface area is 240 Å².